The first-order chi connectivity index (χ1) is 9.65. The number of amides is 1. The van der Waals surface area contributed by atoms with Crippen LogP contribution in [0.4, 0.5) is 0 Å². The number of para-hydroxylation sites is 1. The molecule has 0 saturated carbocycles. The van der Waals surface area contributed by atoms with Crippen molar-refractivity contribution in [3.63, 3.8) is 0 Å². The normalized spacial score (nSPS) is 10.7. The van der Waals surface area contributed by atoms with Crippen LogP contribution in [0.2, 0.25) is 5.02 Å². The predicted octanol–water partition coefficient (Wildman–Crippen LogP) is 3.65. The van der Waals surface area contributed by atoms with Gasteiger partial charge < -0.3 is 5.73 Å². The Bertz CT molecular complexity index is 797. The molecule has 2 aromatic carbocycles. The van der Waals surface area contributed by atoms with Crippen molar-refractivity contribution in [3.05, 3.63) is 65.2 Å². The SMILES string of the molecule is NC(=O)c1cc(-c2ccc(Cl)cc2)nc2ccccc12. The van der Waals surface area contributed by atoms with Gasteiger partial charge in [0, 0.05) is 16.0 Å². The highest BCUT2D eigenvalue weighted by Gasteiger charge is 2.11. The molecule has 0 atom stereocenters. The third kappa shape index (κ3) is 2.24. The highest BCUT2D eigenvalue weighted by Crippen LogP contribution is 2.25. The molecule has 2 N–H and O–H groups in total. The molecule has 0 bridgehead atoms. The van der Waals surface area contributed by atoms with E-state index in [-0.39, 0.29) is 0 Å². The van der Waals surface area contributed by atoms with Gasteiger partial charge in [-0.25, -0.2) is 4.98 Å². The van der Waals surface area contributed by atoms with Gasteiger partial charge in [-0.3, -0.25) is 4.79 Å². The van der Waals surface area contributed by atoms with E-state index < -0.39 is 5.91 Å². The molecule has 0 aliphatic rings. The smallest absolute Gasteiger partial charge is 0.249 e. The van der Waals surface area contributed by atoms with Crippen LogP contribution in [0.25, 0.3) is 22.2 Å². The molecule has 20 heavy (non-hydrogen) atoms. The molecule has 0 unspecified atom stereocenters. The number of hydrogen-bond acceptors (Lipinski definition) is 2. The summed E-state index contributed by atoms with van der Waals surface area (Å²) in [6.45, 7) is 0. The molecule has 98 valence electrons. The minimum atomic E-state index is -0.459. The first-order valence-electron chi connectivity index (χ1n) is 6.11. The van der Waals surface area contributed by atoms with Crippen LogP contribution in [0.3, 0.4) is 0 Å². The van der Waals surface area contributed by atoms with Gasteiger partial charge in [-0.1, -0.05) is 41.9 Å². The molecule has 0 radical (unpaired) electrons. The van der Waals surface area contributed by atoms with Gasteiger partial charge in [0.15, 0.2) is 0 Å². The largest absolute Gasteiger partial charge is 0.366 e. The van der Waals surface area contributed by atoms with Crippen LogP contribution in [0, 0.1) is 0 Å². The molecule has 0 fully saturated rings. The molecule has 1 aromatic heterocycles. The number of nitrogens with two attached hydrogens (primary N) is 1. The average molecular weight is 283 g/mol. The molecule has 3 nitrogen and oxygen atoms in total. The van der Waals surface area contributed by atoms with E-state index in [2.05, 4.69) is 4.98 Å². The molecule has 4 heteroatoms. The van der Waals surface area contributed by atoms with Crippen LogP contribution in [-0.4, -0.2) is 10.9 Å². The number of carbonyl (C=O) groups is 1. The second kappa shape index (κ2) is 4.94. The van der Waals surface area contributed by atoms with E-state index in [1.807, 2.05) is 36.4 Å². The molecule has 0 aliphatic heterocycles. The Morgan fingerprint density at radius 3 is 2.45 bits per heavy atom. The lowest BCUT2D eigenvalue weighted by molar-refractivity contribution is 0.100. The second-order valence-electron chi connectivity index (χ2n) is 4.44. The van der Waals surface area contributed by atoms with E-state index >= 15 is 0 Å². The lowest BCUT2D eigenvalue weighted by Gasteiger charge is -2.07. The number of aromatic nitrogens is 1. The summed E-state index contributed by atoms with van der Waals surface area (Å²) in [6.07, 6.45) is 0. The zero-order valence-electron chi connectivity index (χ0n) is 10.5. The quantitative estimate of drug-likeness (QED) is 0.780. The van der Waals surface area contributed by atoms with Crippen molar-refractivity contribution in [2.75, 3.05) is 0 Å². The zero-order chi connectivity index (χ0) is 14.1. The summed E-state index contributed by atoms with van der Waals surface area (Å²) >= 11 is 5.88. The Labute approximate surface area is 121 Å². The van der Waals surface area contributed by atoms with Gasteiger partial charge >= 0.3 is 0 Å². The molecule has 1 heterocycles. The Hall–Kier alpha value is -2.39. The predicted molar refractivity (Wildman–Crippen MR) is 80.7 cm³/mol. The minimum Gasteiger partial charge on any atom is -0.366 e. The van der Waals surface area contributed by atoms with Crippen LogP contribution in [0.15, 0.2) is 54.6 Å². The van der Waals surface area contributed by atoms with E-state index in [1.54, 1.807) is 18.2 Å². The lowest BCUT2D eigenvalue weighted by atomic mass is 10.0. The summed E-state index contributed by atoms with van der Waals surface area (Å²) < 4.78 is 0. The standard InChI is InChI=1S/C16H11ClN2O/c17-11-7-5-10(6-8-11)15-9-13(16(18)20)12-3-1-2-4-14(12)19-15/h1-9H,(H2,18,20). The van der Waals surface area contributed by atoms with Gasteiger partial charge in [-0.15, -0.1) is 0 Å². The van der Waals surface area contributed by atoms with Crippen molar-refractivity contribution in [3.8, 4) is 11.3 Å². The van der Waals surface area contributed by atoms with Crippen molar-refractivity contribution in [1.29, 1.82) is 0 Å². The van der Waals surface area contributed by atoms with E-state index in [1.165, 1.54) is 0 Å². The van der Waals surface area contributed by atoms with E-state index in [9.17, 15) is 4.79 Å². The van der Waals surface area contributed by atoms with E-state index in [4.69, 9.17) is 17.3 Å². The number of nitrogens with zero attached hydrogens (tertiary/aromatic N) is 1. The van der Waals surface area contributed by atoms with Gasteiger partial charge in [0.2, 0.25) is 5.91 Å². The average Bonchev–Trinajstić information content (AvgIpc) is 2.46. The molecule has 1 amide bonds. The number of halogens is 1. The maximum absolute atomic E-state index is 11.6. The molecule has 0 saturated heterocycles. The summed E-state index contributed by atoms with van der Waals surface area (Å²) in [6, 6.07) is 16.5. The van der Waals surface area contributed by atoms with Crippen LogP contribution in [-0.2, 0) is 0 Å². The Morgan fingerprint density at radius 2 is 1.75 bits per heavy atom. The lowest BCUT2D eigenvalue weighted by Crippen LogP contribution is -2.12. The van der Waals surface area contributed by atoms with Crippen molar-refractivity contribution < 1.29 is 4.79 Å². The summed E-state index contributed by atoms with van der Waals surface area (Å²) in [5, 5.41) is 1.42. The van der Waals surface area contributed by atoms with Gasteiger partial charge in [-0.05, 0) is 24.3 Å². The van der Waals surface area contributed by atoms with Crippen molar-refractivity contribution in [2.45, 2.75) is 0 Å². The number of hydrogen-bond donors (Lipinski definition) is 1. The van der Waals surface area contributed by atoms with Gasteiger partial charge in [0.1, 0.15) is 0 Å². The Kier molecular flexibility index (Phi) is 3.12. The second-order valence-corrected chi connectivity index (χ2v) is 4.88. The first-order valence-corrected chi connectivity index (χ1v) is 6.48. The van der Waals surface area contributed by atoms with Crippen LogP contribution < -0.4 is 5.73 Å². The number of fused-ring (bicyclic) bond motifs is 1. The Morgan fingerprint density at radius 1 is 1.05 bits per heavy atom. The summed E-state index contributed by atoms with van der Waals surface area (Å²) in [4.78, 5) is 16.2. The molecule has 0 aliphatic carbocycles. The molecule has 0 spiro atoms. The van der Waals surface area contributed by atoms with Crippen molar-refractivity contribution in [2.24, 2.45) is 5.73 Å². The number of carbonyl (C=O) groups excluding carboxylic acids is 1. The van der Waals surface area contributed by atoms with Crippen LogP contribution in [0.1, 0.15) is 10.4 Å². The van der Waals surface area contributed by atoms with Gasteiger partial charge in [-0.2, -0.15) is 0 Å². The Balaban J connectivity index is 2.27. The van der Waals surface area contributed by atoms with Crippen LogP contribution >= 0.6 is 11.6 Å². The first kappa shape index (κ1) is 12.6. The van der Waals surface area contributed by atoms with E-state index in [0.29, 0.717) is 16.3 Å². The molecular formula is C16H11ClN2O. The fraction of sp³-hybridized carbons (Fsp3) is 0. The maximum Gasteiger partial charge on any atom is 0.249 e. The zero-order valence-corrected chi connectivity index (χ0v) is 11.3. The summed E-state index contributed by atoms with van der Waals surface area (Å²) in [5.41, 5.74) is 8.27. The fourth-order valence-corrected chi connectivity index (χ4v) is 2.27. The van der Waals surface area contributed by atoms with Gasteiger partial charge in [0.05, 0.1) is 16.8 Å². The van der Waals surface area contributed by atoms with E-state index in [0.717, 1.165) is 16.5 Å². The molecule has 3 aromatic rings. The fourth-order valence-electron chi connectivity index (χ4n) is 2.15. The number of pyridine rings is 1. The third-order valence-electron chi connectivity index (χ3n) is 3.12. The topological polar surface area (TPSA) is 56.0 Å². The van der Waals surface area contributed by atoms with Crippen molar-refractivity contribution >= 4 is 28.4 Å². The summed E-state index contributed by atoms with van der Waals surface area (Å²) in [7, 11) is 0. The number of primary amides is 1. The maximum atomic E-state index is 11.6. The monoisotopic (exact) mass is 282 g/mol. The number of rotatable bonds is 2. The van der Waals surface area contributed by atoms with Crippen LogP contribution in [0.5, 0.6) is 0 Å². The summed E-state index contributed by atoms with van der Waals surface area (Å²) in [5.74, 6) is -0.459. The molecule has 3 rings (SSSR count). The number of benzene rings is 2. The van der Waals surface area contributed by atoms with Gasteiger partial charge in [0.25, 0.3) is 0 Å². The third-order valence-corrected chi connectivity index (χ3v) is 3.37. The van der Waals surface area contributed by atoms with Crippen molar-refractivity contribution in [1.82, 2.24) is 4.98 Å². The highest BCUT2D eigenvalue weighted by atomic mass is 35.5. The highest BCUT2D eigenvalue weighted by molar-refractivity contribution is 6.30. The minimum absolute atomic E-state index is 0.459. The molecular weight excluding hydrogens is 272 g/mol.